The van der Waals surface area contributed by atoms with Crippen LogP contribution >= 0.6 is 0 Å². The molecule has 0 aromatic heterocycles. The maximum atomic E-state index is 11.9. The van der Waals surface area contributed by atoms with Crippen molar-refractivity contribution in [1.29, 1.82) is 0 Å². The van der Waals surface area contributed by atoms with Gasteiger partial charge in [-0.05, 0) is 30.9 Å². The first-order valence-corrected chi connectivity index (χ1v) is 8.12. The smallest absolute Gasteiger partial charge is 0.269 e. The number of non-ortho nitro benzene ring substituents is 1. The van der Waals surface area contributed by atoms with Gasteiger partial charge in [0.05, 0.1) is 4.92 Å². The molecule has 0 saturated carbocycles. The number of nitrogens with zero attached hydrogens (tertiary/aromatic N) is 1. The molecule has 0 heterocycles. The molecule has 1 atom stereocenters. The predicted molar refractivity (Wildman–Crippen MR) is 89.6 cm³/mol. The van der Waals surface area contributed by atoms with E-state index in [1.165, 1.54) is 24.6 Å². The third-order valence-electron chi connectivity index (χ3n) is 3.86. The maximum Gasteiger partial charge on any atom is 0.269 e. The lowest BCUT2D eigenvalue weighted by Crippen LogP contribution is -2.33. The zero-order valence-corrected chi connectivity index (χ0v) is 14.1. The van der Waals surface area contributed by atoms with Gasteiger partial charge >= 0.3 is 0 Å². The molecule has 0 aliphatic heterocycles. The molecule has 0 saturated heterocycles. The monoisotopic (exact) mass is 322 g/mol. The van der Waals surface area contributed by atoms with Crippen molar-refractivity contribution in [2.45, 2.75) is 46.5 Å². The van der Waals surface area contributed by atoms with Gasteiger partial charge in [0.25, 0.3) is 11.6 Å². The van der Waals surface area contributed by atoms with Crippen LogP contribution in [0.4, 0.5) is 5.69 Å². The zero-order chi connectivity index (χ0) is 17.2. The second-order valence-electron chi connectivity index (χ2n) is 5.72. The highest BCUT2D eigenvalue weighted by Crippen LogP contribution is 2.23. The maximum absolute atomic E-state index is 11.9. The number of ether oxygens (including phenoxy) is 1. The number of rotatable bonds is 10. The third kappa shape index (κ3) is 6.67. The number of nitro benzene ring substituents is 1. The molecule has 0 aliphatic rings. The standard InChI is InChI=1S/C17H26N2O4/c1-4-6-7-14(5-2)11-18-17(20)12-23-16-9-8-15(19(21)22)10-13(16)3/h8-10,14H,4-7,11-12H2,1-3H3,(H,18,20). The minimum absolute atomic E-state index is 0.0148. The van der Waals surface area contributed by atoms with Crippen LogP contribution in [-0.4, -0.2) is 24.0 Å². The lowest BCUT2D eigenvalue weighted by molar-refractivity contribution is -0.384. The van der Waals surface area contributed by atoms with Crippen LogP contribution in [0.5, 0.6) is 5.75 Å². The van der Waals surface area contributed by atoms with Crippen molar-refractivity contribution in [2.24, 2.45) is 5.92 Å². The van der Waals surface area contributed by atoms with E-state index in [0.717, 1.165) is 19.3 Å². The molecule has 128 valence electrons. The molecular formula is C17H26N2O4. The highest BCUT2D eigenvalue weighted by atomic mass is 16.6. The fraction of sp³-hybridized carbons (Fsp3) is 0.588. The zero-order valence-electron chi connectivity index (χ0n) is 14.1. The van der Waals surface area contributed by atoms with Crippen LogP contribution < -0.4 is 10.1 Å². The van der Waals surface area contributed by atoms with Crippen molar-refractivity contribution in [2.75, 3.05) is 13.2 Å². The summed E-state index contributed by atoms with van der Waals surface area (Å²) < 4.78 is 5.45. The number of hydrogen-bond donors (Lipinski definition) is 1. The van der Waals surface area contributed by atoms with Crippen molar-refractivity contribution in [3.05, 3.63) is 33.9 Å². The number of aryl methyl sites for hydroxylation is 1. The molecule has 0 spiro atoms. The summed E-state index contributed by atoms with van der Waals surface area (Å²) in [5.74, 6) is 0.821. The van der Waals surface area contributed by atoms with Crippen molar-refractivity contribution in [3.8, 4) is 5.75 Å². The van der Waals surface area contributed by atoms with E-state index in [2.05, 4.69) is 19.2 Å². The highest BCUT2D eigenvalue weighted by molar-refractivity contribution is 5.77. The van der Waals surface area contributed by atoms with Gasteiger partial charge in [-0.3, -0.25) is 14.9 Å². The number of amides is 1. The van der Waals surface area contributed by atoms with Crippen LogP contribution in [0.3, 0.4) is 0 Å². The number of nitrogens with one attached hydrogen (secondary N) is 1. The SMILES string of the molecule is CCCCC(CC)CNC(=O)COc1ccc([N+](=O)[O-])cc1C. The molecule has 1 rings (SSSR count). The van der Waals surface area contributed by atoms with Gasteiger partial charge in [-0.1, -0.05) is 33.1 Å². The Labute approximate surface area is 137 Å². The Morgan fingerprint density at radius 1 is 1.39 bits per heavy atom. The average Bonchev–Trinajstić information content (AvgIpc) is 2.53. The van der Waals surface area contributed by atoms with Crippen molar-refractivity contribution < 1.29 is 14.5 Å². The van der Waals surface area contributed by atoms with Gasteiger partial charge in [-0.2, -0.15) is 0 Å². The van der Waals surface area contributed by atoms with Crippen LogP contribution in [0.15, 0.2) is 18.2 Å². The van der Waals surface area contributed by atoms with E-state index >= 15 is 0 Å². The topological polar surface area (TPSA) is 81.5 Å². The second-order valence-corrected chi connectivity index (χ2v) is 5.72. The molecule has 1 aromatic rings. The molecule has 1 N–H and O–H groups in total. The van der Waals surface area contributed by atoms with E-state index < -0.39 is 4.92 Å². The molecule has 6 heteroatoms. The van der Waals surface area contributed by atoms with Crippen LogP contribution in [0.2, 0.25) is 0 Å². The number of carbonyl (C=O) groups excluding carboxylic acids is 1. The van der Waals surface area contributed by atoms with Crippen molar-refractivity contribution in [1.82, 2.24) is 5.32 Å². The largest absolute Gasteiger partial charge is 0.484 e. The summed E-state index contributed by atoms with van der Waals surface area (Å²) in [4.78, 5) is 22.1. The molecule has 23 heavy (non-hydrogen) atoms. The Kier molecular flexibility index (Phi) is 8.08. The van der Waals surface area contributed by atoms with Gasteiger partial charge in [0.15, 0.2) is 6.61 Å². The summed E-state index contributed by atoms with van der Waals surface area (Å²) in [6.45, 7) is 6.59. The molecule has 1 unspecified atom stereocenters. The average molecular weight is 322 g/mol. The van der Waals surface area contributed by atoms with E-state index in [4.69, 9.17) is 4.74 Å². The molecular weight excluding hydrogens is 296 g/mol. The lowest BCUT2D eigenvalue weighted by atomic mass is 9.99. The highest BCUT2D eigenvalue weighted by Gasteiger charge is 2.11. The second kappa shape index (κ2) is 9.82. The normalized spacial score (nSPS) is 11.8. The Hall–Kier alpha value is -2.11. The summed E-state index contributed by atoms with van der Waals surface area (Å²) in [5, 5.41) is 13.6. The Balaban J connectivity index is 2.42. The first-order chi connectivity index (χ1) is 11.0. The van der Waals surface area contributed by atoms with Crippen molar-refractivity contribution >= 4 is 11.6 Å². The van der Waals surface area contributed by atoms with E-state index in [9.17, 15) is 14.9 Å². The van der Waals surface area contributed by atoms with Gasteiger partial charge in [-0.15, -0.1) is 0 Å². The van der Waals surface area contributed by atoms with Crippen LogP contribution in [0.25, 0.3) is 0 Å². The molecule has 6 nitrogen and oxygen atoms in total. The number of carbonyl (C=O) groups is 1. The molecule has 1 aromatic carbocycles. The summed E-state index contributed by atoms with van der Waals surface area (Å²) in [6, 6.07) is 4.33. The first kappa shape index (κ1) is 18.9. The number of hydrogen-bond acceptors (Lipinski definition) is 4. The molecule has 0 bridgehead atoms. The molecule has 0 aliphatic carbocycles. The predicted octanol–water partition coefficient (Wildman–Crippen LogP) is 3.61. The molecule has 0 fully saturated rings. The number of unbranched alkanes of at least 4 members (excludes halogenated alkanes) is 1. The van der Waals surface area contributed by atoms with Crippen LogP contribution in [0.1, 0.15) is 45.1 Å². The van der Waals surface area contributed by atoms with Gasteiger partial charge in [0, 0.05) is 18.7 Å². The summed E-state index contributed by atoms with van der Waals surface area (Å²) >= 11 is 0. The summed E-state index contributed by atoms with van der Waals surface area (Å²) in [5.41, 5.74) is 0.655. The van der Waals surface area contributed by atoms with Gasteiger partial charge in [-0.25, -0.2) is 0 Å². The summed E-state index contributed by atoms with van der Waals surface area (Å²) in [7, 11) is 0. The van der Waals surface area contributed by atoms with E-state index in [1.54, 1.807) is 6.92 Å². The Bertz CT molecular complexity index is 531. The lowest BCUT2D eigenvalue weighted by Gasteiger charge is -2.15. The van der Waals surface area contributed by atoms with Gasteiger partial charge < -0.3 is 10.1 Å². The first-order valence-electron chi connectivity index (χ1n) is 8.12. The molecule has 1 amide bonds. The third-order valence-corrected chi connectivity index (χ3v) is 3.86. The van der Waals surface area contributed by atoms with Crippen LogP contribution in [-0.2, 0) is 4.79 Å². The van der Waals surface area contributed by atoms with Crippen LogP contribution in [0, 0.1) is 23.0 Å². The number of benzene rings is 1. The van der Waals surface area contributed by atoms with Gasteiger partial charge in [0.1, 0.15) is 5.75 Å². The van der Waals surface area contributed by atoms with E-state index in [0.29, 0.717) is 23.8 Å². The fourth-order valence-electron chi connectivity index (χ4n) is 2.30. The van der Waals surface area contributed by atoms with Gasteiger partial charge in [0.2, 0.25) is 0 Å². The number of nitro groups is 1. The van der Waals surface area contributed by atoms with Crippen molar-refractivity contribution in [3.63, 3.8) is 0 Å². The Morgan fingerprint density at radius 3 is 2.70 bits per heavy atom. The quantitative estimate of drug-likeness (QED) is 0.527. The van der Waals surface area contributed by atoms with E-state index in [1.807, 2.05) is 0 Å². The summed E-state index contributed by atoms with van der Waals surface area (Å²) in [6.07, 6.45) is 4.50. The Morgan fingerprint density at radius 2 is 2.13 bits per heavy atom. The fourth-order valence-corrected chi connectivity index (χ4v) is 2.30. The molecule has 0 radical (unpaired) electrons. The minimum Gasteiger partial charge on any atom is -0.484 e. The van der Waals surface area contributed by atoms with E-state index in [-0.39, 0.29) is 18.2 Å². The minimum atomic E-state index is -0.454.